The summed E-state index contributed by atoms with van der Waals surface area (Å²) < 4.78 is 35.2. The number of morpholine rings is 1. The Morgan fingerprint density at radius 1 is 1.57 bits per heavy atom. The van der Waals surface area contributed by atoms with Crippen LogP contribution < -0.4 is 0 Å². The second-order valence-electron chi connectivity index (χ2n) is 4.83. The summed E-state index contributed by atoms with van der Waals surface area (Å²) in [5, 5.41) is -0.125. The zero-order valence-electron chi connectivity index (χ0n) is 12.4. The van der Waals surface area contributed by atoms with Gasteiger partial charge >= 0.3 is 5.97 Å². The summed E-state index contributed by atoms with van der Waals surface area (Å²) >= 11 is 0.159. The summed E-state index contributed by atoms with van der Waals surface area (Å²) in [6.45, 7) is 2.68. The molecule has 0 N–H and O–H groups in total. The molecule has 23 heavy (non-hydrogen) atoms. The summed E-state index contributed by atoms with van der Waals surface area (Å²) in [4.78, 5) is 29.3. The first-order valence-electron chi connectivity index (χ1n) is 6.93. The molecule has 0 aliphatic carbocycles. The molecule has 1 aliphatic rings. The number of carbonyl (C=O) groups excluding carboxylic acids is 2. The third-order valence-electron chi connectivity index (χ3n) is 3.11. The lowest BCUT2D eigenvalue weighted by Crippen LogP contribution is -2.46. The maximum Gasteiger partial charge on any atom is 0.341 e. The summed E-state index contributed by atoms with van der Waals surface area (Å²) in [5.74, 6) is -3.90. The van der Waals surface area contributed by atoms with E-state index in [-0.39, 0.29) is 34.4 Å². The number of hydrogen-bond acceptors (Lipinski definition) is 6. The monoisotopic (exact) mass is 346 g/mol. The Balaban J connectivity index is 1.93. The Morgan fingerprint density at radius 2 is 2.35 bits per heavy atom. The predicted molar refractivity (Wildman–Crippen MR) is 78.4 cm³/mol. The Morgan fingerprint density at radius 3 is 3.04 bits per heavy atom. The van der Waals surface area contributed by atoms with E-state index < -0.39 is 18.3 Å². The normalized spacial score (nSPS) is 18.1. The SMILES string of the molecule is CC1CN(C(=O)COC(=O)c2cccnc2SC(F)F)CCO1. The quantitative estimate of drug-likeness (QED) is 0.598. The number of rotatable bonds is 5. The largest absolute Gasteiger partial charge is 0.452 e. The Bertz CT molecular complexity index is 573. The van der Waals surface area contributed by atoms with Crippen molar-refractivity contribution in [2.45, 2.75) is 23.8 Å². The van der Waals surface area contributed by atoms with Gasteiger partial charge in [-0.2, -0.15) is 8.78 Å². The number of amides is 1. The number of esters is 1. The number of ether oxygens (including phenoxy) is 2. The fourth-order valence-electron chi connectivity index (χ4n) is 2.07. The molecule has 9 heteroatoms. The van der Waals surface area contributed by atoms with Gasteiger partial charge in [-0.15, -0.1) is 0 Å². The van der Waals surface area contributed by atoms with Crippen LogP contribution in [0.5, 0.6) is 0 Å². The Hall–Kier alpha value is -1.74. The van der Waals surface area contributed by atoms with E-state index in [9.17, 15) is 18.4 Å². The maximum atomic E-state index is 12.5. The van der Waals surface area contributed by atoms with Crippen LogP contribution in [0.4, 0.5) is 8.78 Å². The maximum absolute atomic E-state index is 12.5. The van der Waals surface area contributed by atoms with Crippen molar-refractivity contribution >= 4 is 23.6 Å². The van der Waals surface area contributed by atoms with Gasteiger partial charge in [0.05, 0.1) is 18.3 Å². The van der Waals surface area contributed by atoms with Crippen molar-refractivity contribution in [1.82, 2.24) is 9.88 Å². The average Bonchev–Trinajstić information content (AvgIpc) is 2.52. The van der Waals surface area contributed by atoms with Crippen molar-refractivity contribution < 1.29 is 27.8 Å². The van der Waals surface area contributed by atoms with E-state index in [1.807, 2.05) is 6.92 Å². The fourth-order valence-corrected chi connectivity index (χ4v) is 2.63. The zero-order valence-corrected chi connectivity index (χ0v) is 13.2. The van der Waals surface area contributed by atoms with Gasteiger partial charge in [0, 0.05) is 19.3 Å². The molecule has 126 valence electrons. The van der Waals surface area contributed by atoms with E-state index in [1.54, 1.807) is 4.90 Å². The van der Waals surface area contributed by atoms with Crippen molar-refractivity contribution in [3.05, 3.63) is 23.9 Å². The highest BCUT2D eigenvalue weighted by atomic mass is 32.2. The lowest BCUT2D eigenvalue weighted by molar-refractivity contribution is -0.141. The first-order chi connectivity index (χ1) is 11.0. The molecule has 6 nitrogen and oxygen atoms in total. The van der Waals surface area contributed by atoms with Crippen LogP contribution >= 0.6 is 11.8 Å². The molecule has 0 bridgehead atoms. The second kappa shape index (κ2) is 8.21. The van der Waals surface area contributed by atoms with Crippen LogP contribution in [0.15, 0.2) is 23.4 Å². The number of aromatic nitrogens is 1. The molecule has 1 aliphatic heterocycles. The lowest BCUT2D eigenvalue weighted by atomic mass is 10.3. The Kier molecular flexibility index (Phi) is 6.28. The van der Waals surface area contributed by atoms with Gasteiger partial charge in [-0.3, -0.25) is 4.79 Å². The smallest absolute Gasteiger partial charge is 0.341 e. The standard InChI is InChI=1S/C14H16F2N2O4S/c1-9-7-18(5-6-21-9)11(19)8-22-13(20)10-3-2-4-17-12(10)23-14(15)16/h2-4,9,14H,5-8H2,1H3. The van der Waals surface area contributed by atoms with Gasteiger partial charge in [0.25, 0.3) is 11.7 Å². The van der Waals surface area contributed by atoms with Crippen LogP contribution in [0, 0.1) is 0 Å². The number of pyridine rings is 1. The van der Waals surface area contributed by atoms with Crippen molar-refractivity contribution in [2.24, 2.45) is 0 Å². The highest BCUT2D eigenvalue weighted by Crippen LogP contribution is 2.26. The number of alkyl halides is 2. The first-order valence-corrected chi connectivity index (χ1v) is 7.81. The first kappa shape index (κ1) is 17.6. The van der Waals surface area contributed by atoms with Gasteiger partial charge in [-0.25, -0.2) is 9.78 Å². The van der Waals surface area contributed by atoms with Crippen LogP contribution in [0.25, 0.3) is 0 Å². The average molecular weight is 346 g/mol. The third-order valence-corrected chi connectivity index (χ3v) is 3.84. The fraction of sp³-hybridized carbons (Fsp3) is 0.500. The molecular weight excluding hydrogens is 330 g/mol. The third kappa shape index (κ3) is 5.14. The van der Waals surface area contributed by atoms with Gasteiger partial charge in [0.1, 0.15) is 5.03 Å². The van der Waals surface area contributed by atoms with Crippen LogP contribution in [-0.2, 0) is 14.3 Å². The van der Waals surface area contributed by atoms with Gasteiger partial charge in [0.15, 0.2) is 6.61 Å². The zero-order chi connectivity index (χ0) is 16.8. The molecule has 1 aromatic heterocycles. The van der Waals surface area contributed by atoms with Crippen LogP contribution in [0.3, 0.4) is 0 Å². The highest BCUT2D eigenvalue weighted by Gasteiger charge is 2.23. The lowest BCUT2D eigenvalue weighted by Gasteiger charge is -2.30. The number of carbonyl (C=O) groups is 2. The number of hydrogen-bond donors (Lipinski definition) is 0. The molecule has 1 fully saturated rings. The summed E-state index contributed by atoms with van der Waals surface area (Å²) in [6.07, 6.45) is 1.23. The predicted octanol–water partition coefficient (Wildman–Crippen LogP) is 1.80. The van der Waals surface area contributed by atoms with Crippen molar-refractivity contribution in [2.75, 3.05) is 26.3 Å². The van der Waals surface area contributed by atoms with Crippen LogP contribution in [0.2, 0.25) is 0 Å². The molecule has 0 radical (unpaired) electrons. The van der Waals surface area contributed by atoms with Gasteiger partial charge in [0.2, 0.25) is 0 Å². The summed E-state index contributed by atoms with van der Waals surface area (Å²) in [5.41, 5.74) is -0.0825. The molecule has 0 saturated carbocycles. The number of halogens is 2. The second-order valence-corrected chi connectivity index (χ2v) is 5.81. The van der Waals surface area contributed by atoms with E-state index in [1.165, 1.54) is 18.3 Å². The van der Waals surface area contributed by atoms with E-state index in [2.05, 4.69) is 4.98 Å². The summed E-state index contributed by atoms with van der Waals surface area (Å²) in [7, 11) is 0. The molecule has 1 saturated heterocycles. The molecule has 1 aromatic rings. The van der Waals surface area contributed by atoms with Gasteiger partial charge in [-0.05, 0) is 30.8 Å². The molecule has 0 aromatic carbocycles. The molecule has 1 unspecified atom stereocenters. The van der Waals surface area contributed by atoms with E-state index in [0.717, 1.165) is 0 Å². The van der Waals surface area contributed by atoms with Crippen LogP contribution in [-0.4, -0.2) is 59.9 Å². The molecule has 2 rings (SSSR count). The topological polar surface area (TPSA) is 68.7 Å². The summed E-state index contributed by atoms with van der Waals surface area (Å²) in [6, 6.07) is 2.78. The van der Waals surface area contributed by atoms with E-state index in [0.29, 0.717) is 19.7 Å². The molecular formula is C14H16F2N2O4S. The van der Waals surface area contributed by atoms with Gasteiger partial charge in [-0.1, -0.05) is 0 Å². The minimum atomic E-state index is -2.70. The van der Waals surface area contributed by atoms with E-state index >= 15 is 0 Å². The van der Waals surface area contributed by atoms with Crippen molar-refractivity contribution in [1.29, 1.82) is 0 Å². The van der Waals surface area contributed by atoms with Gasteiger partial charge < -0.3 is 14.4 Å². The molecule has 1 atom stereocenters. The number of nitrogens with zero attached hydrogens (tertiary/aromatic N) is 2. The Labute approximate surface area is 136 Å². The molecule has 0 spiro atoms. The highest BCUT2D eigenvalue weighted by molar-refractivity contribution is 7.99. The molecule has 1 amide bonds. The molecule has 2 heterocycles. The van der Waals surface area contributed by atoms with Crippen molar-refractivity contribution in [3.63, 3.8) is 0 Å². The number of thioether (sulfide) groups is 1. The minimum Gasteiger partial charge on any atom is -0.452 e. The van der Waals surface area contributed by atoms with E-state index in [4.69, 9.17) is 9.47 Å². The van der Waals surface area contributed by atoms with Crippen molar-refractivity contribution in [3.8, 4) is 0 Å². The minimum absolute atomic E-state index is 0.0734. The van der Waals surface area contributed by atoms with Crippen LogP contribution in [0.1, 0.15) is 17.3 Å².